The van der Waals surface area contributed by atoms with Gasteiger partial charge in [-0.3, -0.25) is 9.89 Å². The lowest BCUT2D eigenvalue weighted by molar-refractivity contribution is 0.128. The number of aliphatic imine (C=N–C) groups is 1. The van der Waals surface area contributed by atoms with Crippen molar-refractivity contribution in [2.24, 2.45) is 4.99 Å². The highest BCUT2D eigenvalue weighted by atomic mass is 127. The van der Waals surface area contributed by atoms with Crippen molar-refractivity contribution in [1.29, 1.82) is 0 Å². The van der Waals surface area contributed by atoms with Gasteiger partial charge < -0.3 is 19.4 Å². The first-order chi connectivity index (χ1) is 14.2. The van der Waals surface area contributed by atoms with Crippen LogP contribution in [0.15, 0.2) is 58.1 Å². The van der Waals surface area contributed by atoms with Gasteiger partial charge in [-0.2, -0.15) is 0 Å². The zero-order chi connectivity index (χ0) is 20.5. The summed E-state index contributed by atoms with van der Waals surface area (Å²) in [6.07, 6.45) is 4.00. The third kappa shape index (κ3) is 6.63. The third-order valence-electron chi connectivity index (χ3n) is 5.58. The summed E-state index contributed by atoms with van der Waals surface area (Å²) in [6.45, 7) is 8.97. The van der Waals surface area contributed by atoms with Crippen LogP contribution < -0.4 is 10.1 Å². The van der Waals surface area contributed by atoms with Crippen molar-refractivity contribution < 1.29 is 9.15 Å². The number of likely N-dealkylation sites (tertiary alicyclic amines) is 1. The molecule has 7 heteroatoms. The summed E-state index contributed by atoms with van der Waals surface area (Å²) in [6, 6.07) is 14.3. The standard InChI is InChI=1S/C23H34N4O2.HI/c1-4-26(5-2)21(22-12-9-17-28-22)18-25-23(24-3)27-15-13-20(14-16-27)29-19-10-7-6-8-11-19;/h6-12,17,20-21H,4-5,13-16,18H2,1-3H3,(H,24,25);1H. The first-order valence-corrected chi connectivity index (χ1v) is 10.7. The van der Waals surface area contributed by atoms with Crippen molar-refractivity contribution in [2.75, 3.05) is 39.8 Å². The fraction of sp³-hybridized carbons (Fsp3) is 0.522. The first-order valence-electron chi connectivity index (χ1n) is 10.7. The monoisotopic (exact) mass is 526 g/mol. The Bertz CT molecular complexity index is 727. The molecule has 6 nitrogen and oxygen atoms in total. The molecule has 0 saturated carbocycles. The number of furan rings is 1. The highest BCUT2D eigenvalue weighted by Gasteiger charge is 2.25. The number of piperidine rings is 1. The van der Waals surface area contributed by atoms with E-state index in [1.54, 1.807) is 6.26 Å². The van der Waals surface area contributed by atoms with Crippen LogP contribution in [0, 0.1) is 0 Å². The quantitative estimate of drug-likeness (QED) is 0.314. The minimum atomic E-state index is 0. The van der Waals surface area contributed by atoms with Crippen LogP contribution in [-0.2, 0) is 0 Å². The van der Waals surface area contributed by atoms with Gasteiger partial charge in [0.05, 0.1) is 12.3 Å². The molecule has 1 aliphatic rings. The highest BCUT2D eigenvalue weighted by molar-refractivity contribution is 14.0. The second kappa shape index (κ2) is 12.8. The molecule has 0 spiro atoms. The van der Waals surface area contributed by atoms with E-state index in [9.17, 15) is 0 Å². The summed E-state index contributed by atoms with van der Waals surface area (Å²) in [5.74, 6) is 2.90. The SMILES string of the molecule is CCN(CC)C(CNC(=NC)N1CCC(Oc2ccccc2)CC1)c1ccco1.I. The number of guanidine groups is 1. The van der Waals surface area contributed by atoms with Crippen molar-refractivity contribution in [2.45, 2.75) is 38.8 Å². The van der Waals surface area contributed by atoms with E-state index in [-0.39, 0.29) is 36.1 Å². The molecule has 0 bridgehead atoms. The summed E-state index contributed by atoms with van der Waals surface area (Å²) >= 11 is 0. The molecule has 166 valence electrons. The molecule has 1 aromatic carbocycles. The fourth-order valence-corrected chi connectivity index (χ4v) is 3.95. The van der Waals surface area contributed by atoms with Gasteiger partial charge in [0.25, 0.3) is 0 Å². The van der Waals surface area contributed by atoms with Crippen LogP contribution >= 0.6 is 24.0 Å². The van der Waals surface area contributed by atoms with Gasteiger partial charge >= 0.3 is 0 Å². The minimum Gasteiger partial charge on any atom is -0.490 e. The van der Waals surface area contributed by atoms with Gasteiger partial charge in [0.15, 0.2) is 5.96 Å². The summed E-state index contributed by atoms with van der Waals surface area (Å²) in [7, 11) is 1.86. The number of halogens is 1. The maximum Gasteiger partial charge on any atom is 0.193 e. The van der Waals surface area contributed by atoms with E-state index >= 15 is 0 Å². The molecule has 1 N–H and O–H groups in total. The van der Waals surface area contributed by atoms with E-state index < -0.39 is 0 Å². The molecule has 1 unspecified atom stereocenters. The number of hydrogen-bond donors (Lipinski definition) is 1. The topological polar surface area (TPSA) is 53.2 Å². The number of nitrogens with zero attached hydrogens (tertiary/aromatic N) is 3. The van der Waals surface area contributed by atoms with E-state index in [4.69, 9.17) is 9.15 Å². The van der Waals surface area contributed by atoms with Crippen LogP contribution in [0.1, 0.15) is 38.5 Å². The number of nitrogens with one attached hydrogen (secondary N) is 1. The van der Waals surface area contributed by atoms with Gasteiger partial charge in [0.2, 0.25) is 0 Å². The Labute approximate surface area is 197 Å². The molecule has 30 heavy (non-hydrogen) atoms. The molecule has 1 aliphatic heterocycles. The predicted octanol–water partition coefficient (Wildman–Crippen LogP) is 4.40. The van der Waals surface area contributed by atoms with Crippen molar-refractivity contribution >= 4 is 29.9 Å². The Kier molecular flexibility index (Phi) is 10.5. The summed E-state index contributed by atoms with van der Waals surface area (Å²) < 4.78 is 11.8. The number of para-hydroxylation sites is 1. The number of rotatable bonds is 8. The summed E-state index contributed by atoms with van der Waals surface area (Å²) in [5.41, 5.74) is 0. The molecule has 0 aliphatic carbocycles. The van der Waals surface area contributed by atoms with Gasteiger partial charge in [0, 0.05) is 39.5 Å². The van der Waals surface area contributed by atoms with Crippen LogP contribution in [0.25, 0.3) is 0 Å². The van der Waals surface area contributed by atoms with E-state index in [0.29, 0.717) is 0 Å². The molecule has 0 radical (unpaired) electrons. The molecule has 3 rings (SSSR count). The number of hydrogen-bond acceptors (Lipinski definition) is 4. The normalized spacial score (nSPS) is 16.3. The van der Waals surface area contributed by atoms with Crippen molar-refractivity contribution in [3.05, 3.63) is 54.5 Å². The number of likely N-dealkylation sites (N-methyl/N-ethyl adjacent to an activating group) is 1. The van der Waals surface area contributed by atoms with E-state index in [0.717, 1.165) is 63.0 Å². The lowest BCUT2D eigenvalue weighted by Gasteiger charge is -2.35. The molecule has 1 saturated heterocycles. The second-order valence-corrected chi connectivity index (χ2v) is 7.30. The molecule has 1 atom stereocenters. The highest BCUT2D eigenvalue weighted by Crippen LogP contribution is 2.21. The lowest BCUT2D eigenvalue weighted by atomic mass is 10.1. The molecular weight excluding hydrogens is 491 g/mol. The predicted molar refractivity (Wildman–Crippen MR) is 133 cm³/mol. The van der Waals surface area contributed by atoms with Crippen molar-refractivity contribution in [1.82, 2.24) is 15.1 Å². The summed E-state index contributed by atoms with van der Waals surface area (Å²) in [4.78, 5) is 9.25. The zero-order valence-electron chi connectivity index (χ0n) is 18.3. The van der Waals surface area contributed by atoms with Gasteiger partial charge in [-0.05, 0) is 37.4 Å². The maximum atomic E-state index is 6.12. The van der Waals surface area contributed by atoms with Crippen LogP contribution in [0.4, 0.5) is 0 Å². The Hall–Kier alpha value is -1.74. The van der Waals surface area contributed by atoms with Crippen molar-refractivity contribution in [3.8, 4) is 5.75 Å². The van der Waals surface area contributed by atoms with E-state index in [1.165, 1.54) is 0 Å². The fourth-order valence-electron chi connectivity index (χ4n) is 3.95. The molecule has 2 aromatic rings. The Balaban J connectivity index is 0.00000320. The Morgan fingerprint density at radius 3 is 2.43 bits per heavy atom. The molecular formula is C23H35IN4O2. The number of ether oxygens (including phenoxy) is 1. The lowest BCUT2D eigenvalue weighted by Crippen LogP contribution is -2.49. The largest absolute Gasteiger partial charge is 0.490 e. The third-order valence-corrected chi connectivity index (χ3v) is 5.58. The average Bonchev–Trinajstić information content (AvgIpc) is 3.30. The van der Waals surface area contributed by atoms with Crippen LogP contribution in [0.5, 0.6) is 5.75 Å². The van der Waals surface area contributed by atoms with Crippen LogP contribution in [0.3, 0.4) is 0 Å². The van der Waals surface area contributed by atoms with Gasteiger partial charge in [0.1, 0.15) is 17.6 Å². The Morgan fingerprint density at radius 2 is 1.87 bits per heavy atom. The minimum absolute atomic E-state index is 0. The van der Waals surface area contributed by atoms with Gasteiger partial charge in [-0.15, -0.1) is 24.0 Å². The molecule has 1 aromatic heterocycles. The van der Waals surface area contributed by atoms with Gasteiger partial charge in [-0.1, -0.05) is 32.0 Å². The van der Waals surface area contributed by atoms with Crippen LogP contribution in [0.2, 0.25) is 0 Å². The summed E-state index contributed by atoms with van der Waals surface area (Å²) in [5, 5.41) is 3.57. The average molecular weight is 526 g/mol. The van der Waals surface area contributed by atoms with Gasteiger partial charge in [-0.25, -0.2) is 0 Å². The van der Waals surface area contributed by atoms with Crippen LogP contribution in [-0.4, -0.2) is 61.6 Å². The molecule has 0 amide bonds. The maximum absolute atomic E-state index is 6.12. The number of benzene rings is 1. The van der Waals surface area contributed by atoms with Crippen molar-refractivity contribution in [3.63, 3.8) is 0 Å². The van der Waals surface area contributed by atoms with E-state index in [2.05, 4.69) is 40.0 Å². The molecule has 1 fully saturated rings. The smallest absolute Gasteiger partial charge is 0.193 e. The zero-order valence-corrected chi connectivity index (χ0v) is 20.6. The Morgan fingerprint density at radius 1 is 1.17 bits per heavy atom. The molecule has 2 heterocycles. The van der Waals surface area contributed by atoms with E-state index in [1.807, 2.05) is 43.4 Å². The second-order valence-electron chi connectivity index (χ2n) is 7.30. The first kappa shape index (κ1) is 24.5.